The molecule has 0 aromatic carbocycles. The normalized spacial score (nSPS) is 10.0. The minimum absolute atomic E-state index is 0.336. The summed E-state index contributed by atoms with van der Waals surface area (Å²) in [6.07, 6.45) is 6.00. The fourth-order valence-electron chi connectivity index (χ4n) is 0.836. The molecule has 0 aliphatic carbocycles. The predicted octanol–water partition coefficient (Wildman–Crippen LogP) is -0.361. The average molecular weight is 162 g/mol. The van der Waals surface area contributed by atoms with Crippen molar-refractivity contribution in [3.63, 3.8) is 0 Å². The first-order valence-corrected chi connectivity index (χ1v) is 3.29. The summed E-state index contributed by atoms with van der Waals surface area (Å²) < 4.78 is 1.46. The molecule has 2 rings (SSSR count). The number of nitrogens with zero attached hydrogens (tertiary/aromatic N) is 5. The molecule has 2 aromatic rings. The van der Waals surface area contributed by atoms with Crippen LogP contribution < -0.4 is 5.73 Å². The Morgan fingerprint density at radius 1 is 1.25 bits per heavy atom. The molecule has 0 bridgehead atoms. The lowest BCUT2D eigenvalue weighted by Crippen LogP contribution is -2.04. The summed E-state index contributed by atoms with van der Waals surface area (Å²) in [6.45, 7) is 0. The Morgan fingerprint density at radius 3 is 2.75 bits per heavy atom. The number of hydrogen-bond donors (Lipinski definition) is 1. The zero-order valence-corrected chi connectivity index (χ0v) is 6.12. The van der Waals surface area contributed by atoms with Gasteiger partial charge in [-0.1, -0.05) is 0 Å². The Balaban J connectivity index is 2.55. The van der Waals surface area contributed by atoms with Crippen molar-refractivity contribution in [3.8, 4) is 5.82 Å². The van der Waals surface area contributed by atoms with E-state index in [1.807, 2.05) is 0 Å². The molecule has 6 nitrogen and oxygen atoms in total. The second-order valence-electron chi connectivity index (χ2n) is 2.11. The second kappa shape index (κ2) is 2.57. The molecule has 12 heavy (non-hydrogen) atoms. The van der Waals surface area contributed by atoms with Crippen LogP contribution in [0.4, 0.5) is 5.82 Å². The van der Waals surface area contributed by atoms with E-state index in [-0.39, 0.29) is 0 Å². The van der Waals surface area contributed by atoms with Gasteiger partial charge in [0, 0.05) is 12.4 Å². The Morgan fingerprint density at radius 2 is 2.08 bits per heavy atom. The van der Waals surface area contributed by atoms with E-state index in [0.717, 1.165) is 0 Å². The first kappa shape index (κ1) is 6.71. The molecule has 0 unspecified atom stereocenters. The van der Waals surface area contributed by atoms with Crippen molar-refractivity contribution in [2.24, 2.45) is 0 Å². The first-order valence-electron chi connectivity index (χ1n) is 3.29. The van der Waals surface area contributed by atoms with Crippen LogP contribution in [0.3, 0.4) is 0 Å². The number of rotatable bonds is 1. The van der Waals surface area contributed by atoms with Gasteiger partial charge in [-0.3, -0.25) is 0 Å². The van der Waals surface area contributed by atoms with E-state index in [4.69, 9.17) is 5.73 Å². The molecule has 2 aromatic heterocycles. The van der Waals surface area contributed by atoms with Crippen LogP contribution in [0.1, 0.15) is 0 Å². The maximum atomic E-state index is 5.55. The lowest BCUT2D eigenvalue weighted by atomic mass is 10.6. The fourth-order valence-corrected chi connectivity index (χ4v) is 0.836. The molecule has 2 N–H and O–H groups in total. The van der Waals surface area contributed by atoms with Crippen molar-refractivity contribution in [1.82, 2.24) is 24.7 Å². The van der Waals surface area contributed by atoms with E-state index in [1.165, 1.54) is 23.5 Å². The molecular formula is C6H6N6. The van der Waals surface area contributed by atoms with Crippen LogP contribution in [0, 0.1) is 0 Å². The van der Waals surface area contributed by atoms with Crippen molar-refractivity contribution in [2.45, 2.75) is 0 Å². The van der Waals surface area contributed by atoms with Gasteiger partial charge in [-0.25, -0.2) is 15.0 Å². The van der Waals surface area contributed by atoms with Crippen molar-refractivity contribution < 1.29 is 0 Å². The zero-order valence-electron chi connectivity index (χ0n) is 6.12. The average Bonchev–Trinajstić information content (AvgIpc) is 2.57. The van der Waals surface area contributed by atoms with Gasteiger partial charge in [-0.2, -0.15) is 9.78 Å². The molecule has 0 radical (unpaired) electrons. The molecule has 0 fully saturated rings. The number of hydrogen-bond acceptors (Lipinski definition) is 5. The summed E-state index contributed by atoms with van der Waals surface area (Å²) in [5.41, 5.74) is 5.55. The highest BCUT2D eigenvalue weighted by Gasteiger charge is 2.02. The zero-order chi connectivity index (χ0) is 8.39. The van der Waals surface area contributed by atoms with E-state index < -0.39 is 0 Å². The van der Waals surface area contributed by atoms with E-state index in [1.54, 1.807) is 6.20 Å². The van der Waals surface area contributed by atoms with Gasteiger partial charge in [0.1, 0.15) is 12.7 Å². The third-order valence-corrected chi connectivity index (χ3v) is 1.34. The lowest BCUT2D eigenvalue weighted by Gasteiger charge is -1.99. The lowest BCUT2D eigenvalue weighted by molar-refractivity contribution is 0.840. The molecule has 0 atom stereocenters. The molecule has 2 heterocycles. The van der Waals surface area contributed by atoms with Crippen LogP contribution >= 0.6 is 0 Å². The van der Waals surface area contributed by atoms with E-state index >= 15 is 0 Å². The first-order chi connectivity index (χ1) is 5.88. The Bertz CT molecular complexity index is 367. The van der Waals surface area contributed by atoms with Crippen LogP contribution in [-0.4, -0.2) is 24.7 Å². The van der Waals surface area contributed by atoms with Gasteiger partial charge >= 0.3 is 0 Å². The number of nitrogens with two attached hydrogens (primary N) is 1. The second-order valence-corrected chi connectivity index (χ2v) is 2.11. The van der Waals surface area contributed by atoms with Crippen LogP contribution in [0.15, 0.2) is 25.0 Å². The summed E-state index contributed by atoms with van der Waals surface area (Å²) in [7, 11) is 0. The molecular weight excluding hydrogens is 156 g/mol. The highest BCUT2D eigenvalue weighted by molar-refractivity contribution is 5.44. The van der Waals surface area contributed by atoms with Crippen LogP contribution in [-0.2, 0) is 0 Å². The number of aromatic nitrogens is 5. The van der Waals surface area contributed by atoms with E-state index in [0.29, 0.717) is 11.6 Å². The van der Waals surface area contributed by atoms with Crippen molar-refractivity contribution in [1.29, 1.82) is 0 Å². The van der Waals surface area contributed by atoms with E-state index in [2.05, 4.69) is 20.1 Å². The van der Waals surface area contributed by atoms with Crippen LogP contribution in [0.5, 0.6) is 0 Å². The van der Waals surface area contributed by atoms with Gasteiger partial charge in [0.05, 0.1) is 0 Å². The summed E-state index contributed by atoms with van der Waals surface area (Å²) in [4.78, 5) is 11.6. The monoisotopic (exact) mass is 162 g/mol. The third-order valence-electron chi connectivity index (χ3n) is 1.34. The highest BCUT2D eigenvalue weighted by Crippen LogP contribution is 2.06. The fraction of sp³-hybridized carbons (Fsp3) is 0. The molecule has 6 heteroatoms. The smallest absolute Gasteiger partial charge is 0.197 e. The molecule has 0 saturated carbocycles. The van der Waals surface area contributed by atoms with Gasteiger partial charge in [0.2, 0.25) is 0 Å². The van der Waals surface area contributed by atoms with Crippen LogP contribution in [0.25, 0.3) is 5.82 Å². The molecule has 0 amide bonds. The molecule has 0 aliphatic heterocycles. The van der Waals surface area contributed by atoms with Crippen molar-refractivity contribution >= 4 is 5.82 Å². The van der Waals surface area contributed by atoms with E-state index in [9.17, 15) is 0 Å². The minimum atomic E-state index is 0.336. The predicted molar refractivity (Wildman–Crippen MR) is 41.4 cm³/mol. The molecule has 0 aliphatic rings. The SMILES string of the molecule is Nc1nccnc1-n1cncn1. The quantitative estimate of drug-likeness (QED) is 0.619. The van der Waals surface area contributed by atoms with Crippen LogP contribution in [0.2, 0.25) is 0 Å². The maximum absolute atomic E-state index is 5.55. The highest BCUT2D eigenvalue weighted by atomic mass is 15.3. The Hall–Kier alpha value is -1.98. The van der Waals surface area contributed by atoms with Gasteiger partial charge in [0.25, 0.3) is 0 Å². The number of anilines is 1. The largest absolute Gasteiger partial charge is 0.381 e. The molecule has 60 valence electrons. The number of nitrogen functional groups attached to an aromatic ring is 1. The van der Waals surface area contributed by atoms with Gasteiger partial charge in [-0.05, 0) is 0 Å². The molecule has 0 spiro atoms. The van der Waals surface area contributed by atoms with Crippen molar-refractivity contribution in [2.75, 3.05) is 5.73 Å². The Labute approximate surface area is 68.1 Å². The summed E-state index contributed by atoms with van der Waals surface area (Å²) in [5, 5.41) is 3.87. The van der Waals surface area contributed by atoms with Gasteiger partial charge in [0.15, 0.2) is 11.6 Å². The third kappa shape index (κ3) is 0.986. The minimum Gasteiger partial charge on any atom is -0.381 e. The van der Waals surface area contributed by atoms with Crippen molar-refractivity contribution in [3.05, 3.63) is 25.0 Å². The topological polar surface area (TPSA) is 82.5 Å². The van der Waals surface area contributed by atoms with Gasteiger partial charge in [-0.15, -0.1) is 0 Å². The maximum Gasteiger partial charge on any atom is 0.197 e. The summed E-state index contributed by atoms with van der Waals surface area (Å²) in [6, 6.07) is 0. The standard InChI is InChI=1S/C6H6N6/c7-5-6(10-2-1-9-5)12-4-8-3-11-12/h1-4H,(H2,7,9). The summed E-state index contributed by atoms with van der Waals surface area (Å²) in [5.74, 6) is 0.831. The van der Waals surface area contributed by atoms with Gasteiger partial charge < -0.3 is 5.73 Å². The Kier molecular flexibility index (Phi) is 1.44. The summed E-state index contributed by atoms with van der Waals surface area (Å²) >= 11 is 0. The molecule has 0 saturated heterocycles.